The zero-order valence-electron chi connectivity index (χ0n) is 17.5. The molecule has 6 atom stereocenters. The van der Waals surface area contributed by atoms with Crippen LogP contribution in [0.25, 0.3) is 0 Å². The van der Waals surface area contributed by atoms with Crippen molar-refractivity contribution >= 4 is 14.1 Å². The molecule has 0 aromatic rings. The van der Waals surface area contributed by atoms with Gasteiger partial charge in [-0.3, -0.25) is 4.79 Å². The lowest BCUT2D eigenvalue weighted by Crippen LogP contribution is -2.56. The number of fused-ring (bicyclic) bond motifs is 5. The van der Waals surface area contributed by atoms with E-state index in [1.165, 1.54) is 37.7 Å². The van der Waals surface area contributed by atoms with Crippen molar-refractivity contribution in [3.63, 3.8) is 0 Å². The van der Waals surface area contributed by atoms with Crippen LogP contribution < -0.4 is 0 Å². The third-order valence-corrected chi connectivity index (χ3v) is 9.68. The van der Waals surface area contributed by atoms with Crippen molar-refractivity contribution in [2.75, 3.05) is 0 Å². The average Bonchev–Trinajstić information content (AvgIpc) is 2.77. The number of rotatable bonds is 2. The van der Waals surface area contributed by atoms with E-state index < -0.39 is 8.32 Å². The number of hydrogen-bond donors (Lipinski definition) is 0. The summed E-state index contributed by atoms with van der Waals surface area (Å²) in [5.74, 6) is 2.43. The third-order valence-electron chi connectivity index (χ3n) is 8.62. The van der Waals surface area contributed by atoms with Crippen molar-refractivity contribution in [1.29, 1.82) is 0 Å². The molecule has 26 heavy (non-hydrogen) atoms. The van der Waals surface area contributed by atoms with E-state index in [9.17, 15) is 4.79 Å². The second-order valence-electron chi connectivity index (χ2n) is 11.0. The van der Waals surface area contributed by atoms with E-state index in [1.54, 1.807) is 0 Å². The first-order valence-electron chi connectivity index (χ1n) is 10.6. The quantitative estimate of drug-likeness (QED) is 0.564. The normalized spacial score (nSPS) is 47.8. The highest BCUT2D eigenvalue weighted by Gasteiger charge is 2.63. The van der Waals surface area contributed by atoms with Crippen molar-refractivity contribution in [3.05, 3.63) is 23.8 Å². The van der Waals surface area contributed by atoms with Crippen molar-refractivity contribution in [3.8, 4) is 0 Å². The Labute approximate surface area is 160 Å². The SMILES string of the molecule is CC12C=CC(=O)C=C1CCC1C2CCC2(C)C1CCC2(C)O[Si](C)(C)C. The molecule has 144 valence electrons. The summed E-state index contributed by atoms with van der Waals surface area (Å²) in [4.78, 5) is 11.9. The molecule has 3 heteroatoms. The Morgan fingerprint density at radius 1 is 1.04 bits per heavy atom. The Balaban J connectivity index is 1.65. The summed E-state index contributed by atoms with van der Waals surface area (Å²) in [7, 11) is -1.57. The molecule has 0 radical (unpaired) electrons. The molecule has 0 bridgehead atoms. The zero-order valence-corrected chi connectivity index (χ0v) is 18.5. The molecule has 0 spiro atoms. The smallest absolute Gasteiger partial charge is 0.184 e. The van der Waals surface area contributed by atoms with E-state index in [2.05, 4.69) is 46.5 Å². The largest absolute Gasteiger partial charge is 0.412 e. The van der Waals surface area contributed by atoms with E-state index in [-0.39, 0.29) is 16.8 Å². The molecular formula is C23H36O2Si. The third kappa shape index (κ3) is 2.57. The fourth-order valence-corrected chi connectivity index (χ4v) is 8.95. The van der Waals surface area contributed by atoms with Crippen molar-refractivity contribution in [1.82, 2.24) is 0 Å². The molecular weight excluding hydrogens is 336 g/mol. The predicted molar refractivity (Wildman–Crippen MR) is 109 cm³/mol. The summed E-state index contributed by atoms with van der Waals surface area (Å²) in [5.41, 5.74) is 1.86. The lowest BCUT2D eigenvalue weighted by molar-refractivity contribution is -0.112. The van der Waals surface area contributed by atoms with Gasteiger partial charge in [0.2, 0.25) is 0 Å². The fraction of sp³-hybridized carbons (Fsp3) is 0.783. The number of hydrogen-bond acceptors (Lipinski definition) is 2. The van der Waals surface area contributed by atoms with Crippen molar-refractivity contribution in [2.45, 2.75) is 84.5 Å². The minimum absolute atomic E-state index is 0.0441. The summed E-state index contributed by atoms with van der Waals surface area (Å²) in [6.07, 6.45) is 13.5. The Morgan fingerprint density at radius 3 is 2.42 bits per heavy atom. The van der Waals surface area contributed by atoms with E-state index in [0.717, 1.165) is 18.3 Å². The molecule has 0 N–H and O–H groups in total. The van der Waals surface area contributed by atoms with Crippen LogP contribution >= 0.6 is 0 Å². The maximum absolute atomic E-state index is 11.9. The lowest BCUT2D eigenvalue weighted by atomic mass is 9.47. The zero-order chi connectivity index (χ0) is 19.0. The Morgan fingerprint density at radius 2 is 1.73 bits per heavy atom. The Bertz CT molecular complexity index is 687. The van der Waals surface area contributed by atoms with Gasteiger partial charge >= 0.3 is 0 Å². The van der Waals surface area contributed by atoms with Gasteiger partial charge in [0.05, 0.1) is 5.60 Å². The minimum Gasteiger partial charge on any atom is -0.412 e. The molecule has 0 aromatic heterocycles. The molecule has 3 saturated carbocycles. The molecule has 0 amide bonds. The van der Waals surface area contributed by atoms with Crippen LogP contribution in [0, 0.1) is 28.6 Å². The molecule has 0 aromatic carbocycles. The highest BCUT2D eigenvalue weighted by Crippen LogP contribution is 2.67. The summed E-state index contributed by atoms with van der Waals surface area (Å²) in [5, 5.41) is 0. The van der Waals surface area contributed by atoms with Crippen molar-refractivity contribution in [2.24, 2.45) is 28.6 Å². The van der Waals surface area contributed by atoms with E-state index in [4.69, 9.17) is 4.43 Å². The molecule has 4 rings (SSSR count). The van der Waals surface area contributed by atoms with Gasteiger partial charge in [0.25, 0.3) is 0 Å². The van der Waals surface area contributed by atoms with Crippen LogP contribution in [-0.4, -0.2) is 19.7 Å². The van der Waals surface area contributed by atoms with Crippen LogP contribution in [-0.2, 0) is 9.22 Å². The van der Waals surface area contributed by atoms with Crippen LogP contribution in [0.2, 0.25) is 19.6 Å². The lowest BCUT2D eigenvalue weighted by Gasteiger charge is -2.59. The molecule has 4 aliphatic carbocycles. The highest BCUT2D eigenvalue weighted by atomic mass is 28.4. The van der Waals surface area contributed by atoms with E-state index >= 15 is 0 Å². The average molecular weight is 373 g/mol. The Hall–Kier alpha value is -0.673. The van der Waals surface area contributed by atoms with Gasteiger partial charge in [-0.05, 0) is 100 Å². The molecule has 0 aliphatic heterocycles. The number of carbonyl (C=O) groups is 1. The van der Waals surface area contributed by atoms with Crippen LogP contribution in [0.4, 0.5) is 0 Å². The standard InChI is InChI=1S/C23H36O2Si/c1-21-12-9-17(24)15-16(21)7-8-18-19(21)10-13-22(2)20(18)11-14-23(22,3)25-26(4,5)6/h9,12,15,18-20H,7-8,10-11,13-14H2,1-6H3. The van der Waals surface area contributed by atoms with Gasteiger partial charge < -0.3 is 4.43 Å². The molecule has 3 fully saturated rings. The van der Waals surface area contributed by atoms with Gasteiger partial charge in [0.1, 0.15) is 0 Å². The van der Waals surface area contributed by atoms with Gasteiger partial charge in [0, 0.05) is 5.41 Å². The summed E-state index contributed by atoms with van der Waals surface area (Å²) in [6, 6.07) is 0. The Kier molecular flexibility index (Phi) is 4.07. The number of allylic oxidation sites excluding steroid dienone is 4. The van der Waals surface area contributed by atoms with Gasteiger partial charge in [-0.15, -0.1) is 0 Å². The molecule has 2 nitrogen and oxygen atoms in total. The number of carbonyl (C=O) groups excluding carboxylic acids is 1. The van der Waals surface area contributed by atoms with Gasteiger partial charge in [0.15, 0.2) is 14.1 Å². The predicted octanol–water partition coefficient (Wildman–Crippen LogP) is 5.90. The van der Waals surface area contributed by atoms with Crippen molar-refractivity contribution < 1.29 is 9.22 Å². The molecule has 6 unspecified atom stereocenters. The van der Waals surface area contributed by atoms with Gasteiger partial charge in [-0.25, -0.2) is 0 Å². The van der Waals surface area contributed by atoms with Gasteiger partial charge in [-0.1, -0.05) is 25.5 Å². The summed E-state index contributed by atoms with van der Waals surface area (Å²) >= 11 is 0. The monoisotopic (exact) mass is 372 g/mol. The highest BCUT2D eigenvalue weighted by molar-refractivity contribution is 6.69. The van der Waals surface area contributed by atoms with E-state index in [0.29, 0.717) is 11.3 Å². The maximum Gasteiger partial charge on any atom is 0.184 e. The first-order valence-corrected chi connectivity index (χ1v) is 14.0. The summed E-state index contributed by atoms with van der Waals surface area (Å²) in [6.45, 7) is 14.4. The molecule has 0 saturated heterocycles. The molecule has 0 heterocycles. The first-order chi connectivity index (χ1) is 12.0. The molecule has 4 aliphatic rings. The number of ketones is 1. The van der Waals surface area contributed by atoms with Crippen LogP contribution in [0.15, 0.2) is 23.8 Å². The maximum atomic E-state index is 11.9. The second kappa shape index (κ2) is 5.67. The summed E-state index contributed by atoms with van der Waals surface area (Å²) < 4.78 is 6.85. The first kappa shape index (κ1) is 18.7. The van der Waals surface area contributed by atoms with Gasteiger partial charge in [-0.2, -0.15) is 0 Å². The minimum atomic E-state index is -1.57. The van der Waals surface area contributed by atoms with Crippen LogP contribution in [0.5, 0.6) is 0 Å². The fourth-order valence-electron chi connectivity index (χ4n) is 7.27. The topological polar surface area (TPSA) is 26.3 Å². The van der Waals surface area contributed by atoms with Crippen LogP contribution in [0.1, 0.15) is 59.3 Å². The second-order valence-corrected chi connectivity index (χ2v) is 15.5. The van der Waals surface area contributed by atoms with E-state index in [1.807, 2.05) is 12.2 Å². The van der Waals surface area contributed by atoms with Crippen LogP contribution in [0.3, 0.4) is 0 Å².